The molecule has 0 aliphatic carbocycles. The number of ether oxygens (including phenoxy) is 1. The zero-order chi connectivity index (χ0) is 14.8. The van der Waals surface area contributed by atoms with Crippen molar-refractivity contribution in [1.82, 2.24) is 5.32 Å². The largest absolute Gasteiger partial charge is 0.493 e. The number of halogens is 1. The summed E-state index contributed by atoms with van der Waals surface area (Å²) in [6.07, 6.45) is 2.10. The molecule has 0 amide bonds. The second-order valence-electron chi connectivity index (χ2n) is 5.52. The fourth-order valence-electron chi connectivity index (χ4n) is 2.93. The number of para-hydroxylation sites is 1. The predicted octanol–water partition coefficient (Wildman–Crippen LogP) is 3.77. The van der Waals surface area contributed by atoms with Gasteiger partial charge in [-0.05, 0) is 49.6 Å². The summed E-state index contributed by atoms with van der Waals surface area (Å²) >= 11 is 0. The Morgan fingerprint density at radius 3 is 2.86 bits per heavy atom. The van der Waals surface area contributed by atoms with Crippen LogP contribution >= 0.6 is 0 Å². The van der Waals surface area contributed by atoms with Gasteiger partial charge in [0.2, 0.25) is 0 Å². The number of rotatable bonds is 3. The van der Waals surface area contributed by atoms with Crippen molar-refractivity contribution in [3.8, 4) is 5.75 Å². The van der Waals surface area contributed by atoms with Crippen LogP contribution in [0.2, 0.25) is 0 Å². The van der Waals surface area contributed by atoms with E-state index in [1.807, 2.05) is 19.2 Å². The van der Waals surface area contributed by atoms with Crippen LogP contribution in [0.15, 0.2) is 36.4 Å². The molecule has 1 unspecified atom stereocenters. The standard InChI is InChI=1S/C18H20FNO/c1-12-8-9-14(11-16(12)19)17(20-2)15-7-3-5-13-6-4-10-21-18(13)15/h3,5,7-9,11,17,20H,4,6,10H2,1-2H3. The van der Waals surface area contributed by atoms with Crippen molar-refractivity contribution in [2.45, 2.75) is 25.8 Å². The van der Waals surface area contributed by atoms with Crippen molar-refractivity contribution in [2.24, 2.45) is 0 Å². The van der Waals surface area contributed by atoms with Crippen LogP contribution in [0, 0.1) is 12.7 Å². The summed E-state index contributed by atoms with van der Waals surface area (Å²) in [5, 5.41) is 3.28. The molecule has 2 aromatic rings. The quantitative estimate of drug-likeness (QED) is 0.927. The van der Waals surface area contributed by atoms with E-state index in [4.69, 9.17) is 4.74 Å². The number of nitrogens with one attached hydrogen (secondary N) is 1. The van der Waals surface area contributed by atoms with Gasteiger partial charge < -0.3 is 10.1 Å². The van der Waals surface area contributed by atoms with Gasteiger partial charge in [0.05, 0.1) is 12.6 Å². The second-order valence-corrected chi connectivity index (χ2v) is 5.52. The van der Waals surface area contributed by atoms with Crippen LogP contribution in [0.25, 0.3) is 0 Å². The normalized spacial score (nSPS) is 15.2. The van der Waals surface area contributed by atoms with Gasteiger partial charge in [-0.3, -0.25) is 0 Å². The van der Waals surface area contributed by atoms with Crippen molar-refractivity contribution in [1.29, 1.82) is 0 Å². The Morgan fingerprint density at radius 2 is 2.10 bits per heavy atom. The third kappa shape index (κ3) is 2.66. The SMILES string of the molecule is CNC(c1ccc(C)c(F)c1)c1cccc2c1OCCC2. The van der Waals surface area contributed by atoms with Crippen LogP contribution in [0.3, 0.4) is 0 Å². The average molecular weight is 285 g/mol. The summed E-state index contributed by atoms with van der Waals surface area (Å²) in [5.41, 5.74) is 3.91. The molecule has 0 saturated carbocycles. The first-order chi connectivity index (χ1) is 10.2. The molecular weight excluding hydrogens is 265 g/mol. The molecule has 0 aromatic heterocycles. The Bertz CT molecular complexity index is 654. The zero-order valence-corrected chi connectivity index (χ0v) is 12.4. The van der Waals surface area contributed by atoms with Gasteiger partial charge in [-0.2, -0.15) is 0 Å². The molecule has 1 N–H and O–H groups in total. The molecule has 1 heterocycles. The van der Waals surface area contributed by atoms with Crippen molar-refractivity contribution < 1.29 is 9.13 Å². The van der Waals surface area contributed by atoms with Crippen LogP contribution in [0.1, 0.15) is 34.7 Å². The highest BCUT2D eigenvalue weighted by molar-refractivity contribution is 5.48. The maximum atomic E-state index is 13.9. The minimum atomic E-state index is -0.168. The molecule has 0 radical (unpaired) electrons. The van der Waals surface area contributed by atoms with E-state index in [1.165, 1.54) is 5.56 Å². The molecule has 3 heteroatoms. The summed E-state index contributed by atoms with van der Waals surface area (Å²) in [4.78, 5) is 0. The van der Waals surface area contributed by atoms with Gasteiger partial charge in [-0.1, -0.05) is 30.3 Å². The molecule has 2 nitrogen and oxygen atoms in total. The van der Waals surface area contributed by atoms with E-state index in [-0.39, 0.29) is 11.9 Å². The monoisotopic (exact) mass is 285 g/mol. The lowest BCUT2D eigenvalue weighted by atomic mass is 9.93. The summed E-state index contributed by atoms with van der Waals surface area (Å²) in [6.45, 7) is 2.53. The van der Waals surface area contributed by atoms with Gasteiger partial charge in [-0.15, -0.1) is 0 Å². The molecule has 0 fully saturated rings. The van der Waals surface area contributed by atoms with E-state index in [0.717, 1.165) is 36.3 Å². The van der Waals surface area contributed by atoms with Gasteiger partial charge in [0.1, 0.15) is 11.6 Å². The number of hydrogen-bond acceptors (Lipinski definition) is 2. The van der Waals surface area contributed by atoms with Gasteiger partial charge in [0.15, 0.2) is 0 Å². The summed E-state index contributed by atoms with van der Waals surface area (Å²) in [7, 11) is 1.89. The Kier molecular flexibility index (Phi) is 3.93. The summed E-state index contributed by atoms with van der Waals surface area (Å²) in [5.74, 6) is 0.794. The number of fused-ring (bicyclic) bond motifs is 1. The number of benzene rings is 2. The molecule has 1 aliphatic heterocycles. The van der Waals surface area contributed by atoms with Crippen molar-refractivity contribution in [3.05, 3.63) is 64.5 Å². The molecule has 2 aromatic carbocycles. The lowest BCUT2D eigenvalue weighted by Gasteiger charge is -2.25. The first kappa shape index (κ1) is 14.1. The van der Waals surface area contributed by atoms with E-state index in [1.54, 1.807) is 13.0 Å². The Hall–Kier alpha value is -1.87. The van der Waals surface area contributed by atoms with Crippen LogP contribution in [0.5, 0.6) is 5.75 Å². The highest BCUT2D eigenvalue weighted by Gasteiger charge is 2.21. The third-order valence-corrected chi connectivity index (χ3v) is 4.09. The van der Waals surface area contributed by atoms with Gasteiger partial charge in [-0.25, -0.2) is 4.39 Å². The van der Waals surface area contributed by atoms with E-state index < -0.39 is 0 Å². The lowest BCUT2D eigenvalue weighted by Crippen LogP contribution is -2.21. The van der Waals surface area contributed by atoms with Gasteiger partial charge in [0.25, 0.3) is 0 Å². The van der Waals surface area contributed by atoms with Crippen molar-refractivity contribution in [3.63, 3.8) is 0 Å². The minimum Gasteiger partial charge on any atom is -0.493 e. The lowest BCUT2D eigenvalue weighted by molar-refractivity contribution is 0.283. The van der Waals surface area contributed by atoms with Crippen LogP contribution in [-0.2, 0) is 6.42 Å². The molecule has 0 bridgehead atoms. The molecule has 21 heavy (non-hydrogen) atoms. The molecule has 1 atom stereocenters. The first-order valence-corrected chi connectivity index (χ1v) is 7.38. The Morgan fingerprint density at radius 1 is 1.24 bits per heavy atom. The van der Waals surface area contributed by atoms with E-state index in [2.05, 4.69) is 23.5 Å². The number of aryl methyl sites for hydroxylation is 2. The molecular formula is C18H20FNO. The molecule has 0 saturated heterocycles. The maximum absolute atomic E-state index is 13.9. The first-order valence-electron chi connectivity index (χ1n) is 7.38. The van der Waals surface area contributed by atoms with Crippen LogP contribution in [-0.4, -0.2) is 13.7 Å². The maximum Gasteiger partial charge on any atom is 0.127 e. The van der Waals surface area contributed by atoms with Crippen molar-refractivity contribution >= 4 is 0 Å². The molecule has 1 aliphatic rings. The Balaban J connectivity index is 2.06. The molecule has 3 rings (SSSR count). The highest BCUT2D eigenvalue weighted by Crippen LogP contribution is 2.35. The summed E-state index contributed by atoms with van der Waals surface area (Å²) < 4.78 is 19.8. The molecule has 0 spiro atoms. The Labute approximate surface area is 125 Å². The third-order valence-electron chi connectivity index (χ3n) is 4.09. The predicted molar refractivity (Wildman–Crippen MR) is 82.3 cm³/mol. The fraction of sp³-hybridized carbons (Fsp3) is 0.333. The smallest absolute Gasteiger partial charge is 0.127 e. The number of hydrogen-bond donors (Lipinski definition) is 1. The topological polar surface area (TPSA) is 21.3 Å². The minimum absolute atomic E-state index is 0.0619. The van der Waals surface area contributed by atoms with E-state index in [9.17, 15) is 4.39 Å². The van der Waals surface area contributed by atoms with Crippen molar-refractivity contribution in [2.75, 3.05) is 13.7 Å². The van der Waals surface area contributed by atoms with E-state index >= 15 is 0 Å². The average Bonchev–Trinajstić information content (AvgIpc) is 2.52. The highest BCUT2D eigenvalue weighted by atomic mass is 19.1. The zero-order valence-electron chi connectivity index (χ0n) is 12.4. The summed E-state index contributed by atoms with van der Waals surface area (Å²) in [6, 6.07) is 11.6. The van der Waals surface area contributed by atoms with Gasteiger partial charge >= 0.3 is 0 Å². The van der Waals surface area contributed by atoms with Crippen LogP contribution in [0.4, 0.5) is 4.39 Å². The second kappa shape index (κ2) is 5.86. The molecule has 110 valence electrons. The van der Waals surface area contributed by atoms with E-state index in [0.29, 0.717) is 5.56 Å². The van der Waals surface area contributed by atoms with Gasteiger partial charge in [0, 0.05) is 5.56 Å². The van der Waals surface area contributed by atoms with Crippen LogP contribution < -0.4 is 10.1 Å². The fourth-order valence-corrected chi connectivity index (χ4v) is 2.93.